The molecular weight excluding hydrogens is 296 g/mol. The summed E-state index contributed by atoms with van der Waals surface area (Å²) in [6.07, 6.45) is -1.72. The van der Waals surface area contributed by atoms with Gasteiger partial charge in [0.15, 0.2) is 0 Å². The SMILES string of the molecule is COc1cc(/C(C)=C/C(=O)OC[C@@H](O)[C@H](O)CO)oc(=O)c1. The zero-order valence-corrected chi connectivity index (χ0v) is 12.2. The second kappa shape index (κ2) is 8.32. The lowest BCUT2D eigenvalue weighted by Crippen LogP contribution is -2.33. The first-order valence-corrected chi connectivity index (χ1v) is 6.39. The summed E-state index contributed by atoms with van der Waals surface area (Å²) in [5, 5.41) is 27.1. The molecule has 22 heavy (non-hydrogen) atoms. The molecule has 0 aromatic carbocycles. The standard InChI is InChI=1S/C14H18O8/c1-8(12-4-9(20-2)5-14(19)22-12)3-13(18)21-7-11(17)10(16)6-15/h3-5,10-11,15-17H,6-7H2,1-2H3/b8-3+/t10-,11-/m1/s1. The van der Waals surface area contributed by atoms with Crippen LogP contribution in [0.1, 0.15) is 12.7 Å². The van der Waals surface area contributed by atoms with Crippen LogP contribution in [0.25, 0.3) is 5.57 Å². The fraction of sp³-hybridized carbons (Fsp3) is 0.429. The van der Waals surface area contributed by atoms with E-state index in [2.05, 4.69) is 0 Å². The lowest BCUT2D eigenvalue weighted by atomic mass is 10.2. The van der Waals surface area contributed by atoms with Crippen LogP contribution in [0, 0.1) is 0 Å². The molecule has 0 bridgehead atoms. The van der Waals surface area contributed by atoms with Crippen molar-refractivity contribution in [2.24, 2.45) is 0 Å². The Hall–Kier alpha value is -2.16. The van der Waals surface area contributed by atoms with Gasteiger partial charge in [-0.2, -0.15) is 0 Å². The molecular formula is C14H18O8. The van der Waals surface area contributed by atoms with E-state index in [1.165, 1.54) is 20.1 Å². The van der Waals surface area contributed by atoms with Gasteiger partial charge in [-0.15, -0.1) is 0 Å². The molecule has 0 spiro atoms. The van der Waals surface area contributed by atoms with Crippen molar-refractivity contribution in [3.05, 3.63) is 34.4 Å². The minimum absolute atomic E-state index is 0.136. The third kappa shape index (κ3) is 5.32. The zero-order chi connectivity index (χ0) is 16.7. The number of hydrogen-bond donors (Lipinski definition) is 3. The van der Waals surface area contributed by atoms with Crippen LogP contribution in [0.2, 0.25) is 0 Å². The number of allylic oxidation sites excluding steroid dienone is 1. The maximum Gasteiger partial charge on any atom is 0.339 e. The van der Waals surface area contributed by atoms with Crippen LogP contribution >= 0.6 is 0 Å². The highest BCUT2D eigenvalue weighted by atomic mass is 16.5. The van der Waals surface area contributed by atoms with Crippen molar-refractivity contribution in [3.8, 4) is 5.75 Å². The molecule has 8 nitrogen and oxygen atoms in total. The Morgan fingerprint density at radius 3 is 2.64 bits per heavy atom. The van der Waals surface area contributed by atoms with Gasteiger partial charge in [0.05, 0.1) is 19.8 Å². The van der Waals surface area contributed by atoms with Crippen LogP contribution < -0.4 is 10.4 Å². The number of methoxy groups -OCH3 is 1. The molecule has 2 atom stereocenters. The third-order valence-corrected chi connectivity index (χ3v) is 2.73. The average molecular weight is 314 g/mol. The molecule has 8 heteroatoms. The van der Waals surface area contributed by atoms with E-state index >= 15 is 0 Å². The fourth-order valence-corrected chi connectivity index (χ4v) is 1.46. The molecule has 3 N–H and O–H groups in total. The lowest BCUT2D eigenvalue weighted by Gasteiger charge is -2.14. The van der Waals surface area contributed by atoms with Crippen molar-refractivity contribution >= 4 is 11.5 Å². The lowest BCUT2D eigenvalue weighted by molar-refractivity contribution is -0.143. The molecule has 1 rings (SSSR count). The van der Waals surface area contributed by atoms with E-state index in [1.807, 2.05) is 0 Å². The predicted molar refractivity (Wildman–Crippen MR) is 75.2 cm³/mol. The average Bonchev–Trinajstić information content (AvgIpc) is 2.50. The van der Waals surface area contributed by atoms with Crippen LogP contribution in [0.5, 0.6) is 5.75 Å². The Labute approximate surface area is 126 Å². The number of ether oxygens (including phenoxy) is 2. The van der Waals surface area contributed by atoms with Gasteiger partial charge >= 0.3 is 11.6 Å². The summed E-state index contributed by atoms with van der Waals surface area (Å²) >= 11 is 0. The van der Waals surface area contributed by atoms with Gasteiger partial charge in [0.2, 0.25) is 0 Å². The Balaban J connectivity index is 2.74. The quantitative estimate of drug-likeness (QED) is 0.446. The van der Waals surface area contributed by atoms with Gasteiger partial charge in [0, 0.05) is 12.1 Å². The molecule has 0 aliphatic heterocycles. The van der Waals surface area contributed by atoms with Gasteiger partial charge in [-0.3, -0.25) is 0 Å². The molecule has 0 unspecified atom stereocenters. The van der Waals surface area contributed by atoms with Crippen molar-refractivity contribution in [3.63, 3.8) is 0 Å². The van der Waals surface area contributed by atoms with Crippen LogP contribution in [-0.2, 0) is 9.53 Å². The summed E-state index contributed by atoms with van der Waals surface area (Å²) in [5.74, 6) is -0.377. The van der Waals surface area contributed by atoms with E-state index in [9.17, 15) is 14.7 Å². The number of carbonyl (C=O) groups excluding carboxylic acids is 1. The van der Waals surface area contributed by atoms with Gasteiger partial charge in [0.1, 0.15) is 30.3 Å². The van der Waals surface area contributed by atoms with Crippen molar-refractivity contribution < 1.29 is 34.0 Å². The molecule has 0 amide bonds. The number of rotatable bonds is 7. The van der Waals surface area contributed by atoms with E-state index in [1.54, 1.807) is 0 Å². The Morgan fingerprint density at radius 1 is 1.36 bits per heavy atom. The summed E-state index contributed by atoms with van der Waals surface area (Å²) in [4.78, 5) is 22.9. The van der Waals surface area contributed by atoms with Gasteiger partial charge in [-0.05, 0) is 12.5 Å². The highest BCUT2D eigenvalue weighted by molar-refractivity contribution is 5.90. The van der Waals surface area contributed by atoms with Crippen LogP contribution in [0.15, 0.2) is 27.4 Å². The number of carbonyl (C=O) groups is 1. The third-order valence-electron chi connectivity index (χ3n) is 2.73. The second-order valence-corrected chi connectivity index (χ2v) is 4.46. The fourth-order valence-electron chi connectivity index (χ4n) is 1.46. The summed E-state index contributed by atoms with van der Waals surface area (Å²) < 4.78 is 14.6. The number of hydrogen-bond acceptors (Lipinski definition) is 8. The molecule has 1 aromatic rings. The first-order valence-electron chi connectivity index (χ1n) is 6.39. The Morgan fingerprint density at radius 2 is 2.05 bits per heavy atom. The molecule has 122 valence electrons. The number of esters is 1. The number of aliphatic hydroxyl groups is 3. The van der Waals surface area contributed by atoms with Crippen molar-refractivity contribution in [1.82, 2.24) is 0 Å². The first kappa shape index (κ1) is 17.9. The normalized spacial score (nSPS) is 14.3. The topological polar surface area (TPSA) is 126 Å². The summed E-state index contributed by atoms with van der Waals surface area (Å²) in [6, 6.07) is 2.59. The van der Waals surface area contributed by atoms with E-state index in [0.717, 1.165) is 12.1 Å². The van der Waals surface area contributed by atoms with E-state index < -0.39 is 37.0 Å². The Bertz CT molecular complexity index is 589. The van der Waals surface area contributed by atoms with Gasteiger partial charge in [0.25, 0.3) is 0 Å². The second-order valence-electron chi connectivity index (χ2n) is 4.46. The molecule has 0 fully saturated rings. The van der Waals surface area contributed by atoms with Crippen LogP contribution in [-0.4, -0.2) is 53.8 Å². The molecule has 0 saturated heterocycles. The van der Waals surface area contributed by atoms with Crippen molar-refractivity contribution in [2.45, 2.75) is 19.1 Å². The minimum Gasteiger partial charge on any atom is -0.496 e. The van der Waals surface area contributed by atoms with Crippen LogP contribution in [0.3, 0.4) is 0 Å². The molecule has 1 heterocycles. The molecule has 0 saturated carbocycles. The minimum atomic E-state index is -1.39. The maximum absolute atomic E-state index is 11.6. The van der Waals surface area contributed by atoms with Crippen molar-refractivity contribution in [2.75, 3.05) is 20.3 Å². The first-order chi connectivity index (χ1) is 10.4. The van der Waals surface area contributed by atoms with Gasteiger partial charge in [-0.1, -0.05) is 0 Å². The molecule has 0 aliphatic carbocycles. The summed E-state index contributed by atoms with van der Waals surface area (Å²) in [5.41, 5.74) is -0.310. The maximum atomic E-state index is 11.6. The smallest absolute Gasteiger partial charge is 0.339 e. The van der Waals surface area contributed by atoms with Crippen LogP contribution in [0.4, 0.5) is 0 Å². The van der Waals surface area contributed by atoms with E-state index in [0.29, 0.717) is 5.57 Å². The highest BCUT2D eigenvalue weighted by Crippen LogP contribution is 2.17. The highest BCUT2D eigenvalue weighted by Gasteiger charge is 2.17. The largest absolute Gasteiger partial charge is 0.496 e. The predicted octanol–water partition coefficient (Wildman–Crippen LogP) is -0.691. The van der Waals surface area contributed by atoms with Crippen molar-refractivity contribution in [1.29, 1.82) is 0 Å². The summed E-state index contributed by atoms with van der Waals surface area (Å²) in [6.45, 7) is 0.396. The summed E-state index contributed by atoms with van der Waals surface area (Å²) in [7, 11) is 1.39. The van der Waals surface area contributed by atoms with Gasteiger partial charge < -0.3 is 29.2 Å². The van der Waals surface area contributed by atoms with E-state index in [-0.39, 0.29) is 11.5 Å². The molecule has 0 aliphatic rings. The molecule has 0 radical (unpaired) electrons. The Kier molecular flexibility index (Phi) is 6.77. The number of aliphatic hydroxyl groups excluding tert-OH is 3. The van der Waals surface area contributed by atoms with Gasteiger partial charge in [-0.25, -0.2) is 9.59 Å². The molecule has 1 aromatic heterocycles. The van der Waals surface area contributed by atoms with E-state index in [4.69, 9.17) is 24.1 Å². The zero-order valence-electron chi connectivity index (χ0n) is 12.2. The monoisotopic (exact) mass is 314 g/mol.